The minimum absolute atomic E-state index is 0.174. The summed E-state index contributed by atoms with van der Waals surface area (Å²) in [6.45, 7) is 6.99. The van der Waals surface area contributed by atoms with E-state index in [9.17, 15) is 14.0 Å². The molecule has 4 nitrogen and oxygen atoms in total. The minimum atomic E-state index is -0.315. The second-order valence-corrected chi connectivity index (χ2v) is 5.62. The van der Waals surface area contributed by atoms with Gasteiger partial charge in [-0.25, -0.2) is 4.39 Å². The first-order valence-corrected chi connectivity index (χ1v) is 7.80. The summed E-state index contributed by atoms with van der Waals surface area (Å²) in [6, 6.07) is 5.89. The van der Waals surface area contributed by atoms with E-state index in [0.29, 0.717) is 25.6 Å². The number of carbonyl (C=O) groups excluding carboxylic acids is 2. The van der Waals surface area contributed by atoms with Gasteiger partial charge in [-0.1, -0.05) is 26.0 Å². The van der Waals surface area contributed by atoms with Crippen molar-refractivity contribution in [2.24, 2.45) is 5.92 Å². The van der Waals surface area contributed by atoms with Crippen LogP contribution in [0.2, 0.25) is 0 Å². The van der Waals surface area contributed by atoms with Crippen LogP contribution in [0.1, 0.15) is 32.8 Å². The number of carbonyl (C=O) groups is 2. The Morgan fingerprint density at radius 1 is 1.26 bits per heavy atom. The van der Waals surface area contributed by atoms with Crippen molar-refractivity contribution in [1.82, 2.24) is 4.90 Å². The lowest BCUT2D eigenvalue weighted by atomic mass is 10.2. The van der Waals surface area contributed by atoms with Gasteiger partial charge in [0.25, 0.3) is 0 Å². The maximum atomic E-state index is 12.9. The molecule has 1 rings (SSSR count). The molecule has 0 N–H and O–H groups in total. The number of hydrogen-bond donors (Lipinski definition) is 0. The molecule has 0 aliphatic rings. The number of benzene rings is 1. The highest BCUT2D eigenvalue weighted by Gasteiger charge is 2.14. The van der Waals surface area contributed by atoms with Crippen LogP contribution >= 0.6 is 0 Å². The first-order chi connectivity index (χ1) is 10.9. The van der Waals surface area contributed by atoms with Crippen molar-refractivity contribution in [1.29, 1.82) is 0 Å². The summed E-state index contributed by atoms with van der Waals surface area (Å²) in [4.78, 5) is 25.4. The Balaban J connectivity index is 2.66. The molecule has 0 radical (unpaired) electrons. The van der Waals surface area contributed by atoms with E-state index in [1.165, 1.54) is 18.2 Å². The summed E-state index contributed by atoms with van der Waals surface area (Å²) in [5.41, 5.74) is 0.745. The molecule has 1 amide bonds. The van der Waals surface area contributed by atoms with Crippen LogP contribution in [0.3, 0.4) is 0 Å². The monoisotopic (exact) mass is 321 g/mol. The second-order valence-electron chi connectivity index (χ2n) is 5.62. The Labute approximate surface area is 136 Å². The van der Waals surface area contributed by atoms with Crippen LogP contribution in [0.4, 0.5) is 4.39 Å². The second kappa shape index (κ2) is 9.77. The predicted molar refractivity (Wildman–Crippen MR) is 88.1 cm³/mol. The van der Waals surface area contributed by atoms with Crippen molar-refractivity contribution in [2.45, 2.75) is 27.2 Å². The van der Waals surface area contributed by atoms with Crippen molar-refractivity contribution >= 4 is 18.0 Å². The molecule has 5 heteroatoms. The lowest BCUT2D eigenvalue weighted by Crippen LogP contribution is -2.35. The van der Waals surface area contributed by atoms with Crippen LogP contribution in [0.5, 0.6) is 0 Å². The normalized spacial score (nSPS) is 11.0. The molecule has 0 atom stereocenters. The molecule has 0 aliphatic carbocycles. The third kappa shape index (κ3) is 7.58. The van der Waals surface area contributed by atoms with E-state index in [-0.39, 0.29) is 24.1 Å². The van der Waals surface area contributed by atoms with E-state index >= 15 is 0 Å². The summed E-state index contributed by atoms with van der Waals surface area (Å²) in [7, 11) is 0. The Kier molecular flexibility index (Phi) is 8.02. The molecule has 0 heterocycles. The van der Waals surface area contributed by atoms with Crippen LogP contribution in [0.15, 0.2) is 30.3 Å². The lowest BCUT2D eigenvalue weighted by Gasteiger charge is -2.22. The molecule has 1 aromatic carbocycles. The Morgan fingerprint density at radius 2 is 1.91 bits per heavy atom. The highest BCUT2D eigenvalue weighted by molar-refractivity contribution is 5.92. The van der Waals surface area contributed by atoms with Crippen LogP contribution in [0, 0.1) is 11.7 Å². The van der Waals surface area contributed by atoms with E-state index < -0.39 is 0 Å². The van der Waals surface area contributed by atoms with Crippen LogP contribution in [-0.2, 0) is 14.3 Å². The number of nitrogens with zero attached hydrogens (tertiary/aromatic N) is 1. The average molecular weight is 321 g/mol. The van der Waals surface area contributed by atoms with Gasteiger partial charge in [0.15, 0.2) is 0 Å². The van der Waals surface area contributed by atoms with Crippen molar-refractivity contribution in [2.75, 3.05) is 19.7 Å². The van der Waals surface area contributed by atoms with Crippen LogP contribution < -0.4 is 0 Å². The number of hydrogen-bond acceptors (Lipinski definition) is 3. The van der Waals surface area contributed by atoms with Gasteiger partial charge in [0.1, 0.15) is 5.82 Å². The highest BCUT2D eigenvalue weighted by atomic mass is 19.1. The largest absolute Gasteiger partial charge is 0.466 e. The Morgan fingerprint density at radius 3 is 2.48 bits per heavy atom. The smallest absolute Gasteiger partial charge is 0.307 e. The van der Waals surface area contributed by atoms with E-state index in [1.807, 2.05) is 13.8 Å². The molecular weight excluding hydrogens is 297 g/mol. The number of halogens is 1. The standard InChI is InChI=1S/C18H24FNO3/c1-4-23-18(22)11-12-20(13-14(2)3)17(21)10-7-15-5-8-16(19)9-6-15/h5-10,14H,4,11-13H2,1-3H3/b10-7+. The summed E-state index contributed by atoms with van der Waals surface area (Å²) < 4.78 is 17.7. The van der Waals surface area contributed by atoms with E-state index in [4.69, 9.17) is 4.74 Å². The lowest BCUT2D eigenvalue weighted by molar-refractivity contribution is -0.143. The van der Waals surface area contributed by atoms with Crippen molar-refractivity contribution < 1.29 is 18.7 Å². The molecule has 0 bridgehead atoms. The van der Waals surface area contributed by atoms with Crippen molar-refractivity contribution in [3.05, 3.63) is 41.7 Å². The fraction of sp³-hybridized carbons (Fsp3) is 0.444. The molecule has 0 aliphatic heterocycles. The molecule has 0 saturated carbocycles. The molecular formula is C18H24FNO3. The summed E-state index contributed by atoms with van der Waals surface area (Å²) in [6.07, 6.45) is 3.26. The zero-order valence-corrected chi connectivity index (χ0v) is 13.9. The fourth-order valence-electron chi connectivity index (χ4n) is 2.04. The highest BCUT2D eigenvalue weighted by Crippen LogP contribution is 2.07. The van der Waals surface area contributed by atoms with Gasteiger partial charge in [0.2, 0.25) is 5.91 Å². The number of esters is 1. The molecule has 0 fully saturated rings. The number of amides is 1. The number of rotatable bonds is 8. The molecule has 0 aromatic heterocycles. The third-order valence-corrected chi connectivity index (χ3v) is 3.08. The summed E-state index contributed by atoms with van der Waals surface area (Å²) in [5.74, 6) is -0.506. The maximum Gasteiger partial charge on any atom is 0.307 e. The predicted octanol–water partition coefficient (Wildman–Crippen LogP) is 3.28. The van der Waals surface area contributed by atoms with Crippen molar-refractivity contribution in [3.8, 4) is 0 Å². The zero-order valence-electron chi connectivity index (χ0n) is 13.9. The molecule has 0 spiro atoms. The topological polar surface area (TPSA) is 46.6 Å². The third-order valence-electron chi connectivity index (χ3n) is 3.08. The molecule has 0 saturated heterocycles. The van der Waals surface area contributed by atoms with Gasteiger partial charge in [0, 0.05) is 19.2 Å². The van der Waals surface area contributed by atoms with E-state index in [0.717, 1.165) is 5.56 Å². The van der Waals surface area contributed by atoms with Crippen LogP contribution in [-0.4, -0.2) is 36.5 Å². The van der Waals surface area contributed by atoms with Gasteiger partial charge in [-0.15, -0.1) is 0 Å². The minimum Gasteiger partial charge on any atom is -0.466 e. The average Bonchev–Trinajstić information content (AvgIpc) is 2.50. The Hall–Kier alpha value is -2.17. The van der Waals surface area contributed by atoms with Gasteiger partial charge in [0.05, 0.1) is 13.0 Å². The van der Waals surface area contributed by atoms with Gasteiger partial charge in [-0.05, 0) is 36.6 Å². The first kappa shape index (κ1) is 18.9. The van der Waals surface area contributed by atoms with E-state index in [2.05, 4.69) is 0 Å². The van der Waals surface area contributed by atoms with Gasteiger partial charge < -0.3 is 9.64 Å². The molecule has 1 aromatic rings. The zero-order chi connectivity index (χ0) is 17.2. The molecule has 23 heavy (non-hydrogen) atoms. The quantitative estimate of drug-likeness (QED) is 0.545. The molecule has 0 unspecified atom stereocenters. The van der Waals surface area contributed by atoms with Crippen molar-refractivity contribution in [3.63, 3.8) is 0 Å². The summed E-state index contributed by atoms with van der Waals surface area (Å²) in [5, 5.41) is 0. The fourth-order valence-corrected chi connectivity index (χ4v) is 2.04. The number of ether oxygens (including phenoxy) is 1. The van der Waals surface area contributed by atoms with Gasteiger partial charge in [-0.2, -0.15) is 0 Å². The summed E-state index contributed by atoms with van der Waals surface area (Å²) >= 11 is 0. The van der Waals surface area contributed by atoms with Gasteiger partial charge >= 0.3 is 5.97 Å². The SMILES string of the molecule is CCOC(=O)CCN(CC(C)C)C(=O)/C=C/c1ccc(F)cc1. The van der Waals surface area contributed by atoms with E-state index in [1.54, 1.807) is 30.0 Å². The first-order valence-electron chi connectivity index (χ1n) is 7.80. The Bertz CT molecular complexity index is 538. The maximum absolute atomic E-state index is 12.9. The van der Waals surface area contributed by atoms with Gasteiger partial charge in [-0.3, -0.25) is 9.59 Å². The van der Waals surface area contributed by atoms with Crippen LogP contribution in [0.25, 0.3) is 6.08 Å². The molecule has 126 valence electrons.